The van der Waals surface area contributed by atoms with Gasteiger partial charge in [-0.1, -0.05) is 17.8 Å². The molecule has 0 aliphatic heterocycles. The fourth-order valence-electron chi connectivity index (χ4n) is 1.72. The van der Waals surface area contributed by atoms with Gasteiger partial charge >= 0.3 is 5.69 Å². The number of nitrogens with zero attached hydrogens (tertiary/aromatic N) is 5. The van der Waals surface area contributed by atoms with Crippen molar-refractivity contribution in [2.24, 2.45) is 0 Å². The molecule has 0 N–H and O–H groups in total. The van der Waals surface area contributed by atoms with Crippen molar-refractivity contribution >= 4 is 17.4 Å². The van der Waals surface area contributed by atoms with Crippen LogP contribution in [0.3, 0.4) is 0 Å². The average molecular weight is 309 g/mol. The number of benzene rings is 1. The van der Waals surface area contributed by atoms with E-state index >= 15 is 0 Å². The van der Waals surface area contributed by atoms with Gasteiger partial charge in [0, 0.05) is 11.8 Å². The summed E-state index contributed by atoms with van der Waals surface area (Å²) in [5.41, 5.74) is 0.768. The SMILES string of the molecule is COc1ccc(CSc2nnnn2C(C)C)cc1[N+](=O)[O-]. The molecule has 1 heterocycles. The third kappa shape index (κ3) is 3.48. The molecule has 1 aromatic heterocycles. The van der Waals surface area contributed by atoms with E-state index in [0.717, 1.165) is 5.56 Å². The number of rotatable bonds is 6. The second kappa shape index (κ2) is 6.53. The standard InChI is InChI=1S/C12H15N5O3S/c1-8(2)16-12(13-14-15-16)21-7-9-4-5-11(20-3)10(6-9)17(18)19/h4-6,8H,7H2,1-3H3. The predicted octanol–water partition coefficient (Wildman–Crippen LogP) is 2.46. The Balaban J connectivity index is 2.15. The summed E-state index contributed by atoms with van der Waals surface area (Å²) in [6, 6.07) is 5.06. The molecule has 0 aliphatic carbocycles. The zero-order valence-electron chi connectivity index (χ0n) is 11.9. The van der Waals surface area contributed by atoms with Crippen molar-refractivity contribution in [3.05, 3.63) is 33.9 Å². The second-order valence-electron chi connectivity index (χ2n) is 4.55. The van der Waals surface area contributed by atoms with Crippen LogP contribution < -0.4 is 4.74 Å². The number of aromatic nitrogens is 4. The molecule has 0 amide bonds. The van der Waals surface area contributed by atoms with Crippen LogP contribution in [-0.4, -0.2) is 32.2 Å². The van der Waals surface area contributed by atoms with Crippen LogP contribution in [0, 0.1) is 10.1 Å². The summed E-state index contributed by atoms with van der Waals surface area (Å²) in [5, 5.41) is 23.2. The maximum Gasteiger partial charge on any atom is 0.311 e. The molecule has 2 aromatic rings. The fourth-order valence-corrected chi connectivity index (χ4v) is 2.67. The molecule has 0 radical (unpaired) electrons. The summed E-state index contributed by atoms with van der Waals surface area (Å²) in [6.07, 6.45) is 0. The van der Waals surface area contributed by atoms with E-state index in [1.807, 2.05) is 13.8 Å². The maximum atomic E-state index is 11.0. The Labute approximate surface area is 125 Å². The third-order valence-corrected chi connectivity index (χ3v) is 3.76. The minimum Gasteiger partial charge on any atom is -0.490 e. The Morgan fingerprint density at radius 1 is 1.48 bits per heavy atom. The largest absolute Gasteiger partial charge is 0.490 e. The molecular weight excluding hydrogens is 294 g/mol. The van der Waals surface area contributed by atoms with E-state index in [-0.39, 0.29) is 17.5 Å². The quantitative estimate of drug-likeness (QED) is 0.459. The lowest BCUT2D eigenvalue weighted by Crippen LogP contribution is -2.04. The van der Waals surface area contributed by atoms with Crippen LogP contribution in [0.5, 0.6) is 5.75 Å². The summed E-state index contributed by atoms with van der Waals surface area (Å²) in [6.45, 7) is 3.97. The Morgan fingerprint density at radius 3 is 2.86 bits per heavy atom. The van der Waals surface area contributed by atoms with Crippen molar-refractivity contribution in [3.63, 3.8) is 0 Å². The number of hydrogen-bond acceptors (Lipinski definition) is 7. The number of ether oxygens (including phenoxy) is 1. The van der Waals surface area contributed by atoms with Crippen LogP contribution in [0.4, 0.5) is 5.69 Å². The van der Waals surface area contributed by atoms with Crippen molar-refractivity contribution in [1.82, 2.24) is 20.2 Å². The number of nitro groups is 1. The van der Waals surface area contributed by atoms with E-state index in [9.17, 15) is 10.1 Å². The van der Waals surface area contributed by atoms with Crippen LogP contribution in [-0.2, 0) is 5.75 Å². The smallest absolute Gasteiger partial charge is 0.311 e. The highest BCUT2D eigenvalue weighted by atomic mass is 32.2. The first-order valence-corrected chi connectivity index (χ1v) is 7.23. The molecule has 1 aromatic carbocycles. The monoisotopic (exact) mass is 309 g/mol. The fraction of sp³-hybridized carbons (Fsp3) is 0.417. The van der Waals surface area contributed by atoms with E-state index in [4.69, 9.17) is 4.74 Å². The molecule has 0 saturated carbocycles. The molecule has 0 aliphatic rings. The summed E-state index contributed by atoms with van der Waals surface area (Å²) in [4.78, 5) is 10.5. The van der Waals surface area contributed by atoms with E-state index in [0.29, 0.717) is 10.9 Å². The summed E-state index contributed by atoms with van der Waals surface area (Å²) in [5.74, 6) is 0.790. The number of methoxy groups -OCH3 is 1. The lowest BCUT2D eigenvalue weighted by molar-refractivity contribution is -0.385. The van der Waals surface area contributed by atoms with Crippen molar-refractivity contribution < 1.29 is 9.66 Å². The van der Waals surface area contributed by atoms with Gasteiger partial charge < -0.3 is 4.74 Å². The maximum absolute atomic E-state index is 11.0. The van der Waals surface area contributed by atoms with Crippen molar-refractivity contribution in [1.29, 1.82) is 0 Å². The van der Waals surface area contributed by atoms with Crippen LogP contribution in [0.2, 0.25) is 0 Å². The van der Waals surface area contributed by atoms with Gasteiger partial charge in [-0.15, -0.1) is 5.10 Å². The van der Waals surface area contributed by atoms with E-state index in [2.05, 4.69) is 15.5 Å². The molecule has 0 unspecified atom stereocenters. The van der Waals surface area contributed by atoms with Gasteiger partial charge in [0.05, 0.1) is 18.1 Å². The van der Waals surface area contributed by atoms with Gasteiger partial charge in [-0.3, -0.25) is 10.1 Å². The molecule has 0 spiro atoms. The van der Waals surface area contributed by atoms with Crippen LogP contribution in [0.15, 0.2) is 23.4 Å². The number of thioether (sulfide) groups is 1. The summed E-state index contributed by atoms with van der Waals surface area (Å²) >= 11 is 1.43. The first kappa shape index (κ1) is 15.2. The van der Waals surface area contributed by atoms with Gasteiger partial charge in [-0.2, -0.15) is 0 Å². The van der Waals surface area contributed by atoms with Crippen molar-refractivity contribution in [2.75, 3.05) is 7.11 Å². The highest BCUT2D eigenvalue weighted by Crippen LogP contribution is 2.30. The average Bonchev–Trinajstić information content (AvgIpc) is 2.93. The van der Waals surface area contributed by atoms with E-state index in [1.54, 1.807) is 16.8 Å². The number of nitro benzene ring substituents is 1. The van der Waals surface area contributed by atoms with Crippen LogP contribution >= 0.6 is 11.8 Å². The summed E-state index contributed by atoms with van der Waals surface area (Å²) < 4.78 is 6.69. The molecule has 8 nitrogen and oxygen atoms in total. The Bertz CT molecular complexity index is 644. The minimum absolute atomic E-state index is 0.0425. The normalized spacial score (nSPS) is 10.9. The predicted molar refractivity (Wildman–Crippen MR) is 77.4 cm³/mol. The topological polar surface area (TPSA) is 96.0 Å². The van der Waals surface area contributed by atoms with Crippen molar-refractivity contribution in [2.45, 2.75) is 30.8 Å². The first-order valence-electron chi connectivity index (χ1n) is 6.25. The zero-order chi connectivity index (χ0) is 15.4. The molecule has 9 heteroatoms. The lowest BCUT2D eigenvalue weighted by atomic mass is 10.2. The van der Waals surface area contributed by atoms with Gasteiger partial charge in [0.1, 0.15) is 0 Å². The third-order valence-electron chi connectivity index (χ3n) is 2.76. The van der Waals surface area contributed by atoms with Gasteiger partial charge in [0.15, 0.2) is 5.75 Å². The zero-order valence-corrected chi connectivity index (χ0v) is 12.7. The number of tetrazole rings is 1. The summed E-state index contributed by atoms with van der Waals surface area (Å²) in [7, 11) is 1.41. The number of hydrogen-bond donors (Lipinski definition) is 0. The van der Waals surface area contributed by atoms with Crippen LogP contribution in [0.1, 0.15) is 25.5 Å². The van der Waals surface area contributed by atoms with Crippen LogP contribution in [0.25, 0.3) is 0 Å². The first-order chi connectivity index (χ1) is 10.0. The molecule has 2 rings (SSSR count). The lowest BCUT2D eigenvalue weighted by Gasteiger charge is -2.07. The molecule has 21 heavy (non-hydrogen) atoms. The minimum atomic E-state index is -0.453. The van der Waals surface area contributed by atoms with Gasteiger partial charge in [-0.25, -0.2) is 4.68 Å². The van der Waals surface area contributed by atoms with Gasteiger partial charge in [0.2, 0.25) is 5.16 Å². The van der Waals surface area contributed by atoms with Gasteiger partial charge in [0.25, 0.3) is 0 Å². The van der Waals surface area contributed by atoms with Gasteiger partial charge in [-0.05, 0) is 35.9 Å². The Kier molecular flexibility index (Phi) is 4.73. The molecule has 0 saturated heterocycles. The second-order valence-corrected chi connectivity index (χ2v) is 5.49. The van der Waals surface area contributed by atoms with Crippen molar-refractivity contribution in [3.8, 4) is 5.75 Å². The van der Waals surface area contributed by atoms with E-state index < -0.39 is 4.92 Å². The molecule has 0 bridgehead atoms. The molecule has 0 atom stereocenters. The molecular formula is C12H15N5O3S. The highest BCUT2D eigenvalue weighted by molar-refractivity contribution is 7.98. The molecule has 112 valence electrons. The Hall–Kier alpha value is -2.16. The molecule has 0 fully saturated rings. The Morgan fingerprint density at radius 2 is 2.24 bits per heavy atom. The van der Waals surface area contributed by atoms with E-state index in [1.165, 1.54) is 24.9 Å². The highest BCUT2D eigenvalue weighted by Gasteiger charge is 2.16.